The van der Waals surface area contributed by atoms with Crippen molar-refractivity contribution in [2.45, 2.75) is 45.1 Å². The Labute approximate surface area is 143 Å². The Balaban J connectivity index is 2.00. The Morgan fingerprint density at radius 3 is 2.76 bits per heavy atom. The van der Waals surface area contributed by atoms with E-state index in [4.69, 9.17) is 11.6 Å². The highest BCUT2D eigenvalue weighted by molar-refractivity contribution is 14.1. The van der Waals surface area contributed by atoms with Crippen LogP contribution in [0.25, 0.3) is 11.0 Å². The third kappa shape index (κ3) is 3.36. The van der Waals surface area contributed by atoms with Crippen LogP contribution in [0.4, 0.5) is 4.39 Å². The van der Waals surface area contributed by atoms with E-state index in [1.807, 2.05) is 28.7 Å². The van der Waals surface area contributed by atoms with Gasteiger partial charge in [0.15, 0.2) is 0 Å². The first-order valence-corrected chi connectivity index (χ1v) is 9.20. The molecule has 1 saturated carbocycles. The molecule has 0 unspecified atom stereocenters. The predicted molar refractivity (Wildman–Crippen MR) is 93.4 cm³/mol. The van der Waals surface area contributed by atoms with E-state index >= 15 is 0 Å². The topological polar surface area (TPSA) is 17.8 Å². The Morgan fingerprint density at radius 1 is 1.29 bits per heavy atom. The van der Waals surface area contributed by atoms with Crippen LogP contribution in [0.1, 0.15) is 37.9 Å². The second kappa shape index (κ2) is 6.82. The molecule has 0 saturated heterocycles. The van der Waals surface area contributed by atoms with Crippen LogP contribution in [0, 0.1) is 15.3 Å². The van der Waals surface area contributed by atoms with Gasteiger partial charge in [-0.05, 0) is 47.4 Å². The standard InChI is InChI=1S/C16H19ClFIN2/c17-7-6-16-20-14-9-13(19)12(18)8-15(14)21(16)10-11-4-2-1-3-5-11/h8-9,11H,1-7,10H2. The number of rotatable bonds is 4. The van der Waals surface area contributed by atoms with E-state index in [1.54, 1.807) is 6.07 Å². The van der Waals surface area contributed by atoms with Gasteiger partial charge in [0, 0.05) is 24.9 Å². The molecule has 1 aromatic carbocycles. The van der Waals surface area contributed by atoms with Gasteiger partial charge in [-0.1, -0.05) is 19.3 Å². The molecular weight excluding hydrogens is 402 g/mol. The maximum absolute atomic E-state index is 13.9. The first-order valence-electron chi connectivity index (χ1n) is 7.59. The average molecular weight is 421 g/mol. The van der Waals surface area contributed by atoms with Gasteiger partial charge < -0.3 is 4.57 Å². The minimum Gasteiger partial charge on any atom is -0.328 e. The average Bonchev–Trinajstić information content (AvgIpc) is 2.79. The largest absolute Gasteiger partial charge is 0.328 e. The van der Waals surface area contributed by atoms with Gasteiger partial charge >= 0.3 is 0 Å². The molecular formula is C16H19ClFIN2. The molecule has 1 aliphatic rings. The molecule has 0 spiro atoms. The van der Waals surface area contributed by atoms with Crippen molar-refractivity contribution in [2.75, 3.05) is 5.88 Å². The lowest BCUT2D eigenvalue weighted by Gasteiger charge is -2.23. The molecule has 0 atom stereocenters. The summed E-state index contributed by atoms with van der Waals surface area (Å²) in [6.45, 7) is 0.947. The Morgan fingerprint density at radius 2 is 2.05 bits per heavy atom. The van der Waals surface area contributed by atoms with E-state index in [1.165, 1.54) is 32.1 Å². The Bertz CT molecular complexity index is 635. The van der Waals surface area contributed by atoms with E-state index < -0.39 is 0 Å². The summed E-state index contributed by atoms with van der Waals surface area (Å²) in [5.74, 6) is 2.07. The predicted octanol–water partition coefficient (Wildman–Crippen LogP) is 5.14. The second-order valence-corrected chi connectivity index (χ2v) is 7.38. The molecule has 0 N–H and O–H groups in total. The number of benzene rings is 1. The normalized spacial score (nSPS) is 16.7. The molecule has 1 heterocycles. The van der Waals surface area contributed by atoms with Crippen LogP contribution in [-0.4, -0.2) is 15.4 Å². The van der Waals surface area contributed by atoms with E-state index in [2.05, 4.69) is 9.55 Å². The highest BCUT2D eigenvalue weighted by Gasteiger charge is 2.19. The molecule has 0 aliphatic heterocycles. The highest BCUT2D eigenvalue weighted by Crippen LogP contribution is 2.28. The van der Waals surface area contributed by atoms with Crippen LogP contribution in [0.15, 0.2) is 12.1 Å². The van der Waals surface area contributed by atoms with Crippen molar-refractivity contribution >= 4 is 45.2 Å². The molecule has 3 rings (SSSR count). The van der Waals surface area contributed by atoms with Crippen molar-refractivity contribution in [3.63, 3.8) is 0 Å². The van der Waals surface area contributed by atoms with Gasteiger partial charge in [0.25, 0.3) is 0 Å². The fourth-order valence-corrected chi connectivity index (χ4v) is 3.90. The second-order valence-electron chi connectivity index (χ2n) is 5.84. The molecule has 0 bridgehead atoms. The van der Waals surface area contributed by atoms with Crippen LogP contribution in [-0.2, 0) is 13.0 Å². The number of nitrogens with zero attached hydrogens (tertiary/aromatic N) is 2. The zero-order valence-corrected chi connectivity index (χ0v) is 14.8. The number of alkyl halides is 1. The molecule has 1 fully saturated rings. The maximum atomic E-state index is 13.9. The van der Waals surface area contributed by atoms with Crippen LogP contribution in [0.3, 0.4) is 0 Å². The minimum atomic E-state index is -0.162. The van der Waals surface area contributed by atoms with Gasteiger partial charge in [-0.2, -0.15) is 0 Å². The van der Waals surface area contributed by atoms with Gasteiger partial charge in [0.2, 0.25) is 0 Å². The lowest BCUT2D eigenvalue weighted by Crippen LogP contribution is -2.16. The number of hydrogen-bond acceptors (Lipinski definition) is 1. The third-order valence-electron chi connectivity index (χ3n) is 4.35. The molecule has 0 amide bonds. The van der Waals surface area contributed by atoms with Crippen LogP contribution >= 0.6 is 34.2 Å². The zero-order valence-electron chi connectivity index (χ0n) is 11.9. The monoisotopic (exact) mass is 420 g/mol. The number of imidazole rings is 1. The van der Waals surface area contributed by atoms with Crippen LogP contribution in [0.5, 0.6) is 0 Å². The smallest absolute Gasteiger partial charge is 0.138 e. The first kappa shape index (κ1) is 15.5. The maximum Gasteiger partial charge on any atom is 0.138 e. The minimum absolute atomic E-state index is 0.162. The quantitative estimate of drug-likeness (QED) is 0.494. The summed E-state index contributed by atoms with van der Waals surface area (Å²) in [6.07, 6.45) is 7.26. The number of halogens is 3. The molecule has 1 aliphatic carbocycles. The summed E-state index contributed by atoms with van der Waals surface area (Å²) < 4.78 is 16.8. The van der Waals surface area contributed by atoms with E-state index in [0.717, 1.165) is 29.8 Å². The van der Waals surface area contributed by atoms with Crippen molar-refractivity contribution in [3.05, 3.63) is 27.3 Å². The van der Waals surface area contributed by atoms with Gasteiger partial charge in [0.1, 0.15) is 11.6 Å². The summed E-state index contributed by atoms with van der Waals surface area (Å²) >= 11 is 7.93. The van der Waals surface area contributed by atoms with Crippen molar-refractivity contribution in [1.82, 2.24) is 9.55 Å². The lowest BCUT2D eigenvalue weighted by molar-refractivity contribution is 0.319. The Kier molecular flexibility index (Phi) is 5.04. The van der Waals surface area contributed by atoms with E-state index in [9.17, 15) is 4.39 Å². The molecule has 114 valence electrons. The van der Waals surface area contributed by atoms with Gasteiger partial charge in [-0.25, -0.2) is 9.37 Å². The summed E-state index contributed by atoms with van der Waals surface area (Å²) in [5.41, 5.74) is 1.80. The molecule has 1 aromatic heterocycles. The summed E-state index contributed by atoms with van der Waals surface area (Å²) in [7, 11) is 0. The third-order valence-corrected chi connectivity index (χ3v) is 5.37. The van der Waals surface area contributed by atoms with Gasteiger partial charge in [-0.3, -0.25) is 0 Å². The van der Waals surface area contributed by atoms with Crippen molar-refractivity contribution < 1.29 is 4.39 Å². The molecule has 2 nitrogen and oxygen atoms in total. The first-order chi connectivity index (χ1) is 10.2. The van der Waals surface area contributed by atoms with Crippen molar-refractivity contribution in [2.24, 2.45) is 5.92 Å². The fraction of sp³-hybridized carbons (Fsp3) is 0.562. The van der Waals surface area contributed by atoms with Gasteiger partial charge in [-0.15, -0.1) is 11.6 Å². The highest BCUT2D eigenvalue weighted by atomic mass is 127. The summed E-state index contributed by atoms with van der Waals surface area (Å²) in [4.78, 5) is 4.68. The van der Waals surface area contributed by atoms with Gasteiger partial charge in [0.05, 0.1) is 14.6 Å². The number of aryl methyl sites for hydroxylation is 1. The fourth-order valence-electron chi connectivity index (χ4n) is 3.28. The van der Waals surface area contributed by atoms with Crippen molar-refractivity contribution in [1.29, 1.82) is 0 Å². The summed E-state index contributed by atoms with van der Waals surface area (Å²) in [5, 5.41) is 0. The SMILES string of the molecule is Fc1cc2c(cc1I)nc(CCCl)n2CC1CCCCC1. The number of hydrogen-bond donors (Lipinski definition) is 0. The lowest BCUT2D eigenvalue weighted by atomic mass is 9.89. The van der Waals surface area contributed by atoms with Crippen LogP contribution < -0.4 is 0 Å². The van der Waals surface area contributed by atoms with E-state index in [0.29, 0.717) is 15.4 Å². The molecule has 0 radical (unpaired) electrons. The number of aromatic nitrogens is 2. The van der Waals surface area contributed by atoms with Crippen molar-refractivity contribution in [3.8, 4) is 0 Å². The molecule has 5 heteroatoms. The number of fused-ring (bicyclic) bond motifs is 1. The Hall–Kier alpha value is -0.360. The molecule has 21 heavy (non-hydrogen) atoms. The zero-order chi connectivity index (χ0) is 14.8. The van der Waals surface area contributed by atoms with Crippen LogP contribution in [0.2, 0.25) is 0 Å². The summed E-state index contributed by atoms with van der Waals surface area (Å²) in [6, 6.07) is 3.46. The van der Waals surface area contributed by atoms with E-state index in [-0.39, 0.29) is 5.82 Å². The molecule has 2 aromatic rings.